The molecule has 0 radical (unpaired) electrons. The zero-order chi connectivity index (χ0) is 22.4. The Kier molecular flexibility index (Phi) is 7.54. The summed E-state index contributed by atoms with van der Waals surface area (Å²) in [4.78, 5) is 27.5. The average molecular weight is 442 g/mol. The van der Waals surface area contributed by atoms with Crippen LogP contribution in [-0.4, -0.2) is 46.4 Å². The molecule has 164 valence electrons. The summed E-state index contributed by atoms with van der Waals surface area (Å²) in [7, 11) is 1.54. The molecule has 9 heteroatoms. The predicted molar refractivity (Wildman–Crippen MR) is 124 cm³/mol. The third kappa shape index (κ3) is 5.56. The second-order valence-electron chi connectivity index (χ2n) is 7.12. The lowest BCUT2D eigenvalue weighted by molar-refractivity contribution is 0.186. The van der Waals surface area contributed by atoms with E-state index in [2.05, 4.69) is 29.1 Å². The number of nitrogens with zero attached hydrogens (tertiary/aromatic N) is 4. The second-order valence-corrected chi connectivity index (χ2v) is 8.32. The molecule has 2 heterocycles. The molecule has 0 fully saturated rings. The molecule has 3 rings (SSSR count). The van der Waals surface area contributed by atoms with Gasteiger partial charge in [-0.1, -0.05) is 13.8 Å². The van der Waals surface area contributed by atoms with Crippen LogP contribution < -0.4 is 10.2 Å². The Hall–Kier alpha value is -3.04. The highest BCUT2D eigenvalue weighted by molar-refractivity contribution is 7.15. The second kappa shape index (κ2) is 10.3. The molecule has 1 aromatic carbocycles. The van der Waals surface area contributed by atoms with Crippen molar-refractivity contribution in [2.75, 3.05) is 30.5 Å². The first-order valence-corrected chi connectivity index (χ1v) is 10.9. The third-order valence-electron chi connectivity index (χ3n) is 4.91. The Morgan fingerprint density at radius 3 is 2.65 bits per heavy atom. The van der Waals surface area contributed by atoms with Crippen LogP contribution in [0.25, 0.3) is 10.6 Å². The highest BCUT2D eigenvalue weighted by Crippen LogP contribution is 2.35. The van der Waals surface area contributed by atoms with Crippen LogP contribution in [-0.2, 0) is 4.74 Å². The van der Waals surface area contributed by atoms with Gasteiger partial charge in [0, 0.05) is 24.7 Å². The number of benzene rings is 1. The fourth-order valence-electron chi connectivity index (χ4n) is 3.07. The van der Waals surface area contributed by atoms with E-state index in [1.54, 1.807) is 48.9 Å². The number of thiazole rings is 1. The summed E-state index contributed by atoms with van der Waals surface area (Å²) < 4.78 is 4.99. The number of anilines is 3. The summed E-state index contributed by atoms with van der Waals surface area (Å²) in [6.07, 6.45) is 1.72. The first-order valence-electron chi connectivity index (χ1n) is 10.1. The van der Waals surface area contributed by atoms with E-state index < -0.39 is 6.09 Å². The Labute approximate surface area is 186 Å². The number of rotatable bonds is 9. The molecule has 1 atom stereocenters. The van der Waals surface area contributed by atoms with Gasteiger partial charge in [0.2, 0.25) is 5.95 Å². The van der Waals surface area contributed by atoms with Crippen LogP contribution in [0.5, 0.6) is 0 Å². The standard InChI is InChI=1S/C22H27N5O3S/c1-5-14(2)19-20(31-15(3)24-19)18-10-11-23-21(26-18)25-16-6-8-17(9-7-16)27(22(28)29)12-13-30-4/h6-11,14H,5,12-13H2,1-4H3,(H,28,29)(H,23,25,26). The lowest BCUT2D eigenvalue weighted by Crippen LogP contribution is -2.32. The minimum Gasteiger partial charge on any atom is -0.465 e. The van der Waals surface area contributed by atoms with Crippen molar-refractivity contribution in [3.8, 4) is 10.6 Å². The van der Waals surface area contributed by atoms with Crippen molar-refractivity contribution < 1.29 is 14.6 Å². The number of carbonyl (C=O) groups is 1. The van der Waals surface area contributed by atoms with Gasteiger partial charge in [0.05, 0.1) is 34.4 Å². The first-order chi connectivity index (χ1) is 14.9. The van der Waals surface area contributed by atoms with Crippen LogP contribution in [0.2, 0.25) is 0 Å². The van der Waals surface area contributed by atoms with E-state index in [4.69, 9.17) is 9.72 Å². The van der Waals surface area contributed by atoms with Crippen LogP contribution in [0.1, 0.15) is 36.9 Å². The number of hydrogen-bond donors (Lipinski definition) is 2. The third-order valence-corrected chi connectivity index (χ3v) is 5.92. The maximum atomic E-state index is 11.5. The van der Waals surface area contributed by atoms with E-state index in [1.165, 1.54) is 4.90 Å². The Morgan fingerprint density at radius 2 is 2.00 bits per heavy atom. The van der Waals surface area contributed by atoms with Crippen molar-refractivity contribution in [3.05, 3.63) is 47.2 Å². The van der Waals surface area contributed by atoms with Gasteiger partial charge in [-0.15, -0.1) is 11.3 Å². The minimum atomic E-state index is -1.02. The SMILES string of the molecule is CCC(C)c1nc(C)sc1-c1ccnc(Nc2ccc(N(CCOC)C(=O)O)cc2)n1. The average Bonchev–Trinajstić information content (AvgIpc) is 3.16. The van der Waals surface area contributed by atoms with E-state index in [1.807, 2.05) is 13.0 Å². The van der Waals surface area contributed by atoms with E-state index in [9.17, 15) is 9.90 Å². The molecule has 1 amide bonds. The molecule has 2 N–H and O–H groups in total. The highest BCUT2D eigenvalue weighted by atomic mass is 32.1. The topological polar surface area (TPSA) is 100 Å². The minimum absolute atomic E-state index is 0.260. The van der Waals surface area contributed by atoms with Crippen molar-refractivity contribution in [2.24, 2.45) is 0 Å². The predicted octanol–water partition coefficient (Wildman–Crippen LogP) is 5.30. The molecule has 0 saturated carbocycles. The number of methoxy groups -OCH3 is 1. The van der Waals surface area contributed by atoms with E-state index >= 15 is 0 Å². The fraction of sp³-hybridized carbons (Fsp3) is 0.364. The molecule has 0 aliphatic heterocycles. The summed E-state index contributed by atoms with van der Waals surface area (Å²) in [6, 6.07) is 8.98. The van der Waals surface area contributed by atoms with Gasteiger partial charge in [0.1, 0.15) is 0 Å². The van der Waals surface area contributed by atoms with Crippen molar-refractivity contribution in [1.29, 1.82) is 0 Å². The monoisotopic (exact) mass is 441 g/mol. The number of hydrogen-bond acceptors (Lipinski definition) is 7. The molecule has 0 saturated heterocycles. The molecule has 0 aliphatic rings. The molecule has 0 aliphatic carbocycles. The van der Waals surface area contributed by atoms with Crippen LogP contribution >= 0.6 is 11.3 Å². The number of amides is 1. The molecule has 0 spiro atoms. The molecular formula is C22H27N5O3S. The van der Waals surface area contributed by atoms with Crippen LogP contribution in [0.3, 0.4) is 0 Å². The van der Waals surface area contributed by atoms with Crippen molar-refractivity contribution in [2.45, 2.75) is 33.1 Å². The number of carboxylic acid groups (broad SMARTS) is 1. The van der Waals surface area contributed by atoms with Gasteiger partial charge in [0.15, 0.2) is 0 Å². The lowest BCUT2D eigenvalue weighted by Gasteiger charge is -2.19. The molecule has 1 unspecified atom stereocenters. The van der Waals surface area contributed by atoms with Crippen LogP contribution in [0, 0.1) is 6.92 Å². The van der Waals surface area contributed by atoms with Gasteiger partial charge in [-0.2, -0.15) is 0 Å². The van der Waals surface area contributed by atoms with Gasteiger partial charge in [0.25, 0.3) is 0 Å². The van der Waals surface area contributed by atoms with E-state index in [0.29, 0.717) is 24.2 Å². The van der Waals surface area contributed by atoms with Gasteiger partial charge in [-0.3, -0.25) is 4.90 Å². The quantitative estimate of drug-likeness (QED) is 0.465. The summed E-state index contributed by atoms with van der Waals surface area (Å²) in [5.74, 6) is 0.829. The summed E-state index contributed by atoms with van der Waals surface area (Å²) >= 11 is 1.64. The van der Waals surface area contributed by atoms with Crippen molar-refractivity contribution in [3.63, 3.8) is 0 Å². The first kappa shape index (κ1) is 22.6. The van der Waals surface area contributed by atoms with Crippen LogP contribution in [0.15, 0.2) is 36.5 Å². The molecule has 3 aromatic rings. The van der Waals surface area contributed by atoms with Crippen molar-refractivity contribution >= 4 is 34.8 Å². The highest BCUT2D eigenvalue weighted by Gasteiger charge is 2.18. The fourth-order valence-corrected chi connectivity index (χ4v) is 4.08. The van der Waals surface area contributed by atoms with Gasteiger partial charge >= 0.3 is 6.09 Å². The normalized spacial score (nSPS) is 11.9. The number of aryl methyl sites for hydroxylation is 1. The smallest absolute Gasteiger partial charge is 0.411 e. The number of ether oxygens (including phenoxy) is 1. The number of aromatic nitrogens is 3. The summed E-state index contributed by atoms with van der Waals surface area (Å²) in [5, 5.41) is 13.6. The molecule has 31 heavy (non-hydrogen) atoms. The zero-order valence-corrected chi connectivity index (χ0v) is 18.9. The maximum Gasteiger partial charge on any atom is 0.411 e. The molecule has 0 bridgehead atoms. The number of nitrogens with one attached hydrogen (secondary N) is 1. The maximum absolute atomic E-state index is 11.5. The lowest BCUT2D eigenvalue weighted by atomic mass is 10.0. The van der Waals surface area contributed by atoms with E-state index in [-0.39, 0.29) is 6.54 Å². The molecular weight excluding hydrogens is 414 g/mol. The Balaban J connectivity index is 1.80. The van der Waals surface area contributed by atoms with Gasteiger partial charge < -0.3 is 15.2 Å². The van der Waals surface area contributed by atoms with Crippen molar-refractivity contribution in [1.82, 2.24) is 15.0 Å². The zero-order valence-electron chi connectivity index (χ0n) is 18.1. The Morgan fingerprint density at radius 1 is 1.26 bits per heavy atom. The van der Waals surface area contributed by atoms with Gasteiger partial charge in [-0.25, -0.2) is 19.7 Å². The van der Waals surface area contributed by atoms with Crippen LogP contribution in [0.4, 0.5) is 22.1 Å². The largest absolute Gasteiger partial charge is 0.465 e. The molecule has 2 aromatic heterocycles. The summed E-state index contributed by atoms with van der Waals surface area (Å²) in [6.45, 7) is 6.92. The van der Waals surface area contributed by atoms with Gasteiger partial charge in [-0.05, 0) is 49.6 Å². The molecule has 8 nitrogen and oxygen atoms in total. The Bertz CT molecular complexity index is 1020. The van der Waals surface area contributed by atoms with E-state index in [0.717, 1.165) is 33.4 Å². The summed E-state index contributed by atoms with van der Waals surface area (Å²) in [5.41, 5.74) is 3.25.